The Morgan fingerprint density at radius 2 is 1.91 bits per heavy atom. The molecule has 0 saturated heterocycles. The first-order valence-corrected chi connectivity index (χ1v) is 11.7. The molecule has 2 aromatic heterocycles. The van der Waals surface area contributed by atoms with Gasteiger partial charge in [-0.1, -0.05) is 29.5 Å². The molecule has 1 aliphatic rings. The second-order valence-corrected chi connectivity index (χ2v) is 8.97. The lowest BCUT2D eigenvalue weighted by Crippen LogP contribution is -2.27. The lowest BCUT2D eigenvalue weighted by atomic mass is 10.2. The average Bonchev–Trinajstić information content (AvgIpc) is 3.44. The largest absolute Gasteiger partial charge is 0.493 e. The lowest BCUT2D eigenvalue weighted by molar-refractivity contribution is -0.116. The summed E-state index contributed by atoms with van der Waals surface area (Å²) in [4.78, 5) is 30.8. The van der Waals surface area contributed by atoms with Crippen molar-refractivity contribution in [3.63, 3.8) is 0 Å². The van der Waals surface area contributed by atoms with Gasteiger partial charge in [-0.05, 0) is 31.2 Å². The topological polar surface area (TPSA) is 100 Å². The van der Waals surface area contributed by atoms with Gasteiger partial charge in [-0.15, -0.1) is 0 Å². The predicted molar refractivity (Wildman–Crippen MR) is 130 cm³/mol. The summed E-state index contributed by atoms with van der Waals surface area (Å²) >= 11 is 1.47. The molecule has 5 rings (SSSR count). The first-order valence-electron chi connectivity index (χ1n) is 10.7. The molecule has 4 aromatic rings. The molecule has 174 valence electrons. The van der Waals surface area contributed by atoms with Crippen LogP contribution in [0, 0.1) is 6.92 Å². The summed E-state index contributed by atoms with van der Waals surface area (Å²) in [5, 5.41) is 8.30. The van der Waals surface area contributed by atoms with Crippen molar-refractivity contribution in [2.75, 3.05) is 25.3 Å². The zero-order valence-electron chi connectivity index (χ0n) is 18.9. The molecule has 1 aliphatic heterocycles. The highest BCUT2D eigenvalue weighted by molar-refractivity contribution is 7.99. The summed E-state index contributed by atoms with van der Waals surface area (Å²) in [6.45, 7) is 2.01. The fourth-order valence-electron chi connectivity index (χ4n) is 4.00. The van der Waals surface area contributed by atoms with Gasteiger partial charge in [0, 0.05) is 23.9 Å². The van der Waals surface area contributed by atoms with Crippen LogP contribution in [0.4, 0.5) is 5.69 Å². The molecule has 0 aliphatic carbocycles. The third-order valence-electron chi connectivity index (χ3n) is 5.74. The van der Waals surface area contributed by atoms with E-state index in [0.717, 1.165) is 11.3 Å². The molecule has 0 saturated carbocycles. The second-order valence-electron chi connectivity index (χ2n) is 7.99. The second kappa shape index (κ2) is 8.86. The van der Waals surface area contributed by atoms with E-state index in [1.807, 2.05) is 31.2 Å². The minimum atomic E-state index is -0.299. The van der Waals surface area contributed by atoms with Crippen LogP contribution in [0.25, 0.3) is 16.7 Å². The quantitative estimate of drug-likeness (QED) is 0.424. The Labute approximate surface area is 199 Å². The highest BCUT2D eigenvalue weighted by Crippen LogP contribution is 2.34. The highest BCUT2D eigenvalue weighted by atomic mass is 32.2. The van der Waals surface area contributed by atoms with Crippen LogP contribution in [-0.4, -0.2) is 45.2 Å². The van der Waals surface area contributed by atoms with E-state index in [4.69, 9.17) is 14.5 Å². The lowest BCUT2D eigenvalue weighted by Gasteiger charge is -2.14. The van der Waals surface area contributed by atoms with E-state index in [1.54, 1.807) is 40.8 Å². The number of benzene rings is 2. The van der Waals surface area contributed by atoms with Crippen LogP contribution in [0.2, 0.25) is 0 Å². The van der Waals surface area contributed by atoms with Crippen LogP contribution >= 0.6 is 11.8 Å². The summed E-state index contributed by atoms with van der Waals surface area (Å²) in [5.74, 6) is 1.49. The molecule has 1 amide bonds. The average molecular weight is 478 g/mol. The molecule has 1 N–H and O–H groups in total. The van der Waals surface area contributed by atoms with E-state index in [-0.39, 0.29) is 23.9 Å². The van der Waals surface area contributed by atoms with Crippen molar-refractivity contribution in [1.82, 2.24) is 19.3 Å². The van der Waals surface area contributed by atoms with E-state index in [2.05, 4.69) is 10.4 Å². The Morgan fingerprint density at radius 1 is 1.15 bits per heavy atom. The van der Waals surface area contributed by atoms with Gasteiger partial charge in [-0.2, -0.15) is 5.10 Å². The van der Waals surface area contributed by atoms with Crippen molar-refractivity contribution < 1.29 is 14.3 Å². The molecule has 0 spiro atoms. The molecule has 34 heavy (non-hydrogen) atoms. The third-order valence-corrected chi connectivity index (χ3v) is 6.84. The number of methoxy groups -OCH3 is 2. The Bertz CT molecular complexity index is 1440. The highest BCUT2D eigenvalue weighted by Gasteiger charge is 2.29. The van der Waals surface area contributed by atoms with Crippen LogP contribution in [0.3, 0.4) is 0 Å². The van der Waals surface area contributed by atoms with Crippen LogP contribution in [0.1, 0.15) is 18.0 Å². The number of nitrogens with zero attached hydrogens (tertiary/aromatic N) is 4. The SMILES string of the molecule is COc1ccc(NC(=O)CC2CSc3nc4c(cnn4-c4ccc(C)cc4)c(=O)n32)cc1OC. The van der Waals surface area contributed by atoms with Gasteiger partial charge in [-0.3, -0.25) is 14.2 Å². The zero-order chi connectivity index (χ0) is 23.8. The fourth-order valence-corrected chi connectivity index (χ4v) is 5.13. The number of ether oxygens (including phenoxy) is 2. The summed E-state index contributed by atoms with van der Waals surface area (Å²) in [6, 6.07) is 12.7. The number of anilines is 1. The summed E-state index contributed by atoms with van der Waals surface area (Å²) < 4.78 is 13.8. The van der Waals surface area contributed by atoms with E-state index in [9.17, 15) is 9.59 Å². The first kappa shape index (κ1) is 22.0. The number of rotatable bonds is 6. The van der Waals surface area contributed by atoms with Crippen LogP contribution < -0.4 is 20.3 Å². The summed E-state index contributed by atoms with van der Waals surface area (Å²) in [5.41, 5.74) is 2.90. The molecule has 1 unspecified atom stereocenters. The van der Waals surface area contributed by atoms with Crippen molar-refractivity contribution in [2.24, 2.45) is 0 Å². The monoisotopic (exact) mass is 477 g/mol. The number of amides is 1. The zero-order valence-corrected chi connectivity index (χ0v) is 19.8. The molecular formula is C24H23N5O4S. The van der Waals surface area contributed by atoms with Crippen molar-refractivity contribution in [3.8, 4) is 17.2 Å². The third kappa shape index (κ3) is 3.90. The summed E-state index contributed by atoms with van der Waals surface area (Å²) in [6.07, 6.45) is 1.69. The molecule has 0 radical (unpaired) electrons. The molecule has 0 bridgehead atoms. The van der Waals surface area contributed by atoms with E-state index in [1.165, 1.54) is 18.9 Å². The van der Waals surface area contributed by atoms with Crippen LogP contribution in [0.5, 0.6) is 11.5 Å². The number of nitrogens with one attached hydrogen (secondary N) is 1. The minimum Gasteiger partial charge on any atom is -0.493 e. The number of aromatic nitrogens is 4. The maximum atomic E-state index is 13.3. The standard InChI is InChI=1S/C24H23N5O4S/c1-14-4-7-16(8-5-14)29-22-18(12-25-29)23(31)28-17(13-34-24(28)27-22)11-21(30)26-15-6-9-19(32-2)20(10-15)33-3/h4-10,12,17H,11,13H2,1-3H3,(H,26,30). The smallest absolute Gasteiger partial charge is 0.265 e. The van der Waals surface area contributed by atoms with Gasteiger partial charge in [0.15, 0.2) is 22.3 Å². The van der Waals surface area contributed by atoms with Crippen LogP contribution in [0.15, 0.2) is 58.6 Å². The Hall–Kier alpha value is -3.79. The predicted octanol–water partition coefficient (Wildman–Crippen LogP) is 3.58. The van der Waals surface area contributed by atoms with Crippen LogP contribution in [-0.2, 0) is 4.79 Å². The van der Waals surface area contributed by atoms with Crippen molar-refractivity contribution in [1.29, 1.82) is 0 Å². The normalized spacial score (nSPS) is 14.7. The van der Waals surface area contributed by atoms with Gasteiger partial charge < -0.3 is 14.8 Å². The van der Waals surface area contributed by atoms with E-state index in [0.29, 0.717) is 39.1 Å². The van der Waals surface area contributed by atoms with Gasteiger partial charge >= 0.3 is 0 Å². The van der Waals surface area contributed by atoms with Gasteiger partial charge in [0.25, 0.3) is 5.56 Å². The van der Waals surface area contributed by atoms with Gasteiger partial charge in [0.1, 0.15) is 5.39 Å². The number of carbonyl (C=O) groups is 1. The number of hydrogen-bond donors (Lipinski definition) is 1. The Kier molecular flexibility index (Phi) is 5.74. The number of fused-ring (bicyclic) bond motifs is 2. The van der Waals surface area contributed by atoms with E-state index >= 15 is 0 Å². The molecule has 10 heteroatoms. The maximum absolute atomic E-state index is 13.3. The number of aryl methyl sites for hydroxylation is 1. The van der Waals surface area contributed by atoms with Crippen molar-refractivity contribution in [2.45, 2.75) is 24.5 Å². The van der Waals surface area contributed by atoms with Gasteiger partial charge in [0.2, 0.25) is 5.91 Å². The van der Waals surface area contributed by atoms with Crippen molar-refractivity contribution >= 4 is 34.4 Å². The molecule has 1 atom stereocenters. The van der Waals surface area contributed by atoms with Gasteiger partial charge in [0.05, 0.1) is 32.1 Å². The minimum absolute atomic E-state index is 0.146. The van der Waals surface area contributed by atoms with Gasteiger partial charge in [-0.25, -0.2) is 9.67 Å². The Balaban J connectivity index is 1.40. The first-order chi connectivity index (χ1) is 16.5. The van der Waals surface area contributed by atoms with E-state index < -0.39 is 0 Å². The number of thioether (sulfide) groups is 1. The fraction of sp³-hybridized carbons (Fsp3) is 0.250. The van der Waals surface area contributed by atoms with Crippen molar-refractivity contribution in [3.05, 3.63) is 64.6 Å². The maximum Gasteiger partial charge on any atom is 0.265 e. The molecular weight excluding hydrogens is 454 g/mol. The Morgan fingerprint density at radius 3 is 2.65 bits per heavy atom. The number of carbonyl (C=O) groups excluding carboxylic acids is 1. The molecule has 2 aromatic carbocycles. The number of hydrogen-bond acceptors (Lipinski definition) is 7. The molecule has 9 nitrogen and oxygen atoms in total. The summed E-state index contributed by atoms with van der Waals surface area (Å²) in [7, 11) is 3.09. The molecule has 0 fully saturated rings. The molecule has 3 heterocycles.